The minimum atomic E-state index is -3.24. The molecule has 1 heterocycles. The molecule has 1 saturated heterocycles. The topological polar surface area (TPSA) is 66.5 Å². The number of carbonyl (C=O) groups excluding carboxylic acids is 1. The van der Waals surface area contributed by atoms with Gasteiger partial charge in [0.25, 0.3) is 0 Å². The van der Waals surface area contributed by atoms with E-state index in [0.717, 1.165) is 5.56 Å². The fourth-order valence-corrected chi connectivity index (χ4v) is 3.60. The molecule has 5 nitrogen and oxygen atoms in total. The number of aryl methyl sites for hydroxylation is 1. The highest BCUT2D eigenvalue weighted by Crippen LogP contribution is 2.23. The van der Waals surface area contributed by atoms with E-state index in [1.807, 2.05) is 6.92 Å². The average Bonchev–Trinajstić information content (AvgIpc) is 2.41. The number of amides is 1. The van der Waals surface area contributed by atoms with Crippen LogP contribution >= 0.6 is 11.6 Å². The number of halogens is 1. The molecule has 1 fully saturated rings. The van der Waals surface area contributed by atoms with Crippen LogP contribution < -0.4 is 5.32 Å². The molecule has 1 N–H and O–H groups in total. The molecule has 7 heteroatoms. The first-order valence-corrected chi connectivity index (χ1v) is 9.02. The molecule has 116 valence electrons. The van der Waals surface area contributed by atoms with Crippen molar-refractivity contribution in [2.24, 2.45) is 5.92 Å². The first-order valence-electron chi connectivity index (χ1n) is 6.79. The molecule has 0 radical (unpaired) electrons. The second-order valence-corrected chi connectivity index (χ2v) is 7.83. The highest BCUT2D eigenvalue weighted by molar-refractivity contribution is 7.88. The van der Waals surface area contributed by atoms with Gasteiger partial charge in [-0.3, -0.25) is 4.79 Å². The van der Waals surface area contributed by atoms with Crippen molar-refractivity contribution in [3.63, 3.8) is 0 Å². The summed E-state index contributed by atoms with van der Waals surface area (Å²) in [4.78, 5) is 12.3. The molecule has 1 amide bonds. The van der Waals surface area contributed by atoms with Crippen LogP contribution in [0, 0.1) is 12.8 Å². The van der Waals surface area contributed by atoms with Gasteiger partial charge < -0.3 is 5.32 Å². The third-order valence-corrected chi connectivity index (χ3v) is 5.18. The molecule has 1 aliphatic rings. The van der Waals surface area contributed by atoms with E-state index >= 15 is 0 Å². The fraction of sp³-hybridized carbons (Fsp3) is 0.500. The third kappa shape index (κ3) is 4.18. The van der Waals surface area contributed by atoms with E-state index in [9.17, 15) is 13.2 Å². The van der Waals surface area contributed by atoms with E-state index in [0.29, 0.717) is 30.1 Å². The van der Waals surface area contributed by atoms with Gasteiger partial charge in [0.05, 0.1) is 12.2 Å². The summed E-state index contributed by atoms with van der Waals surface area (Å²) in [6, 6.07) is 5.25. The lowest BCUT2D eigenvalue weighted by atomic mass is 9.98. The maximum Gasteiger partial charge on any atom is 0.228 e. The molecule has 0 aromatic heterocycles. The van der Waals surface area contributed by atoms with Crippen LogP contribution in [-0.4, -0.2) is 38.0 Å². The summed E-state index contributed by atoms with van der Waals surface area (Å²) in [6.45, 7) is 2.60. The Kier molecular flexibility index (Phi) is 4.91. The highest BCUT2D eigenvalue weighted by atomic mass is 35.5. The molecular formula is C14H19ClN2O3S. The smallest absolute Gasteiger partial charge is 0.228 e. The van der Waals surface area contributed by atoms with Crippen LogP contribution in [-0.2, 0) is 14.8 Å². The zero-order valence-electron chi connectivity index (χ0n) is 12.1. The SMILES string of the molecule is Cc1cc(Cl)ccc1NC(=O)[C@@H]1CCCN(S(C)(=O)=O)C1. The monoisotopic (exact) mass is 330 g/mol. The summed E-state index contributed by atoms with van der Waals surface area (Å²) >= 11 is 5.89. The minimum absolute atomic E-state index is 0.145. The van der Waals surface area contributed by atoms with Gasteiger partial charge in [-0.25, -0.2) is 12.7 Å². The van der Waals surface area contributed by atoms with Gasteiger partial charge in [-0.1, -0.05) is 11.6 Å². The first kappa shape index (κ1) is 16.3. The Bertz CT molecular complexity index is 646. The summed E-state index contributed by atoms with van der Waals surface area (Å²) in [5.41, 5.74) is 1.59. The fourth-order valence-electron chi connectivity index (χ4n) is 2.46. The second kappa shape index (κ2) is 6.34. The van der Waals surface area contributed by atoms with Crippen molar-refractivity contribution in [3.8, 4) is 0 Å². The van der Waals surface area contributed by atoms with Crippen LogP contribution in [0.3, 0.4) is 0 Å². The highest BCUT2D eigenvalue weighted by Gasteiger charge is 2.30. The number of carbonyl (C=O) groups is 1. The second-order valence-electron chi connectivity index (χ2n) is 5.41. The van der Waals surface area contributed by atoms with Gasteiger partial charge in [-0.2, -0.15) is 0 Å². The number of benzene rings is 1. The maximum atomic E-state index is 12.3. The molecule has 2 rings (SSSR count). The minimum Gasteiger partial charge on any atom is -0.326 e. The van der Waals surface area contributed by atoms with Gasteiger partial charge in [0.2, 0.25) is 15.9 Å². The van der Waals surface area contributed by atoms with Crippen LogP contribution in [0.5, 0.6) is 0 Å². The summed E-state index contributed by atoms with van der Waals surface area (Å²) in [6.07, 6.45) is 2.58. The Morgan fingerprint density at radius 3 is 2.76 bits per heavy atom. The van der Waals surface area contributed by atoms with Crippen LogP contribution in [0.2, 0.25) is 5.02 Å². The number of nitrogens with zero attached hydrogens (tertiary/aromatic N) is 1. The molecule has 1 aromatic carbocycles. The molecule has 0 aliphatic carbocycles. The molecule has 21 heavy (non-hydrogen) atoms. The molecule has 0 saturated carbocycles. The van der Waals surface area contributed by atoms with Gasteiger partial charge in [0.1, 0.15) is 0 Å². The van der Waals surface area contributed by atoms with E-state index in [-0.39, 0.29) is 18.4 Å². The lowest BCUT2D eigenvalue weighted by Gasteiger charge is -2.30. The van der Waals surface area contributed by atoms with Gasteiger partial charge in [0.15, 0.2) is 0 Å². The van der Waals surface area contributed by atoms with Gasteiger partial charge in [-0.05, 0) is 43.5 Å². The Hall–Kier alpha value is -1.11. The first-order chi connectivity index (χ1) is 9.77. The van der Waals surface area contributed by atoms with Crippen molar-refractivity contribution in [2.75, 3.05) is 24.7 Å². The van der Waals surface area contributed by atoms with Crippen LogP contribution in [0.15, 0.2) is 18.2 Å². The average molecular weight is 331 g/mol. The number of nitrogens with one attached hydrogen (secondary N) is 1. The number of hydrogen-bond acceptors (Lipinski definition) is 3. The Balaban J connectivity index is 2.06. The van der Waals surface area contributed by atoms with E-state index in [4.69, 9.17) is 11.6 Å². The van der Waals surface area contributed by atoms with Crippen molar-refractivity contribution in [1.29, 1.82) is 0 Å². The van der Waals surface area contributed by atoms with E-state index < -0.39 is 10.0 Å². The number of rotatable bonds is 3. The quantitative estimate of drug-likeness (QED) is 0.924. The molecule has 1 aliphatic heterocycles. The van der Waals surface area contributed by atoms with E-state index in [1.165, 1.54) is 10.6 Å². The van der Waals surface area contributed by atoms with Gasteiger partial charge in [-0.15, -0.1) is 0 Å². The number of hydrogen-bond donors (Lipinski definition) is 1. The van der Waals surface area contributed by atoms with Gasteiger partial charge in [0, 0.05) is 23.8 Å². The molecule has 0 bridgehead atoms. The standard InChI is InChI=1S/C14H19ClN2O3S/c1-10-8-12(15)5-6-13(10)16-14(18)11-4-3-7-17(9-11)21(2,19)20/h5-6,8,11H,3-4,7,9H2,1-2H3,(H,16,18)/t11-/m1/s1. The maximum absolute atomic E-state index is 12.3. The predicted octanol–water partition coefficient (Wildman–Crippen LogP) is 2.26. The van der Waals surface area contributed by atoms with Crippen molar-refractivity contribution in [1.82, 2.24) is 4.31 Å². The number of sulfonamides is 1. The lowest BCUT2D eigenvalue weighted by Crippen LogP contribution is -2.43. The summed E-state index contributed by atoms with van der Waals surface area (Å²) < 4.78 is 24.5. The van der Waals surface area contributed by atoms with E-state index in [1.54, 1.807) is 18.2 Å². The van der Waals surface area contributed by atoms with Crippen molar-refractivity contribution < 1.29 is 13.2 Å². The van der Waals surface area contributed by atoms with E-state index in [2.05, 4.69) is 5.32 Å². The molecule has 0 unspecified atom stereocenters. The number of anilines is 1. The third-order valence-electron chi connectivity index (χ3n) is 3.67. The zero-order valence-corrected chi connectivity index (χ0v) is 13.7. The Morgan fingerprint density at radius 1 is 1.43 bits per heavy atom. The predicted molar refractivity (Wildman–Crippen MR) is 84.0 cm³/mol. The molecule has 1 atom stereocenters. The van der Waals surface area contributed by atoms with Crippen molar-refractivity contribution in [2.45, 2.75) is 19.8 Å². The lowest BCUT2D eigenvalue weighted by molar-refractivity contribution is -0.120. The normalized spacial score (nSPS) is 20.2. The van der Waals surface area contributed by atoms with Crippen LogP contribution in [0.1, 0.15) is 18.4 Å². The largest absolute Gasteiger partial charge is 0.326 e. The molecule has 0 spiro atoms. The van der Waals surface area contributed by atoms with Crippen molar-refractivity contribution in [3.05, 3.63) is 28.8 Å². The summed E-state index contributed by atoms with van der Waals surface area (Å²) in [5.74, 6) is -0.461. The summed E-state index contributed by atoms with van der Waals surface area (Å²) in [7, 11) is -3.24. The number of piperidine rings is 1. The Morgan fingerprint density at radius 2 is 2.14 bits per heavy atom. The van der Waals surface area contributed by atoms with Gasteiger partial charge >= 0.3 is 0 Å². The van der Waals surface area contributed by atoms with Crippen LogP contribution in [0.25, 0.3) is 0 Å². The van der Waals surface area contributed by atoms with Crippen LogP contribution in [0.4, 0.5) is 5.69 Å². The molecule has 1 aromatic rings. The molecular weight excluding hydrogens is 312 g/mol. The zero-order chi connectivity index (χ0) is 15.6. The van der Waals surface area contributed by atoms with Crippen molar-refractivity contribution >= 4 is 33.2 Å². The summed E-state index contributed by atoms with van der Waals surface area (Å²) in [5, 5.41) is 3.48. The Labute approximate surface area is 130 Å².